The minimum absolute atomic E-state index is 0.00788. The van der Waals surface area contributed by atoms with Crippen LogP contribution in [-0.2, 0) is 20.7 Å². The minimum atomic E-state index is -1.17. The Morgan fingerprint density at radius 3 is 2.49 bits per heavy atom. The third kappa shape index (κ3) is 5.18. The number of aromatic nitrogens is 1. The fourth-order valence-corrected chi connectivity index (χ4v) is 6.19. The summed E-state index contributed by atoms with van der Waals surface area (Å²) in [7, 11) is 4.34. The van der Waals surface area contributed by atoms with Crippen molar-refractivity contribution in [3.63, 3.8) is 0 Å². The Morgan fingerprint density at radius 1 is 1.16 bits per heavy atom. The van der Waals surface area contributed by atoms with Gasteiger partial charge in [-0.25, -0.2) is 9.78 Å². The highest BCUT2D eigenvalue weighted by atomic mass is 32.1. The lowest BCUT2D eigenvalue weighted by Gasteiger charge is -2.24. The van der Waals surface area contributed by atoms with Gasteiger partial charge < -0.3 is 28.8 Å². The van der Waals surface area contributed by atoms with Gasteiger partial charge in [0.25, 0.3) is 5.78 Å². The lowest BCUT2D eigenvalue weighted by Crippen LogP contribution is -2.29. The maximum Gasteiger partial charge on any atom is 0.350 e. The van der Waals surface area contributed by atoms with Crippen LogP contribution >= 0.6 is 11.3 Å². The predicted molar refractivity (Wildman–Crippen MR) is 158 cm³/mol. The molecule has 1 N–H and O–H groups in total. The van der Waals surface area contributed by atoms with Crippen molar-refractivity contribution in [3.8, 4) is 23.0 Å². The molecule has 0 aliphatic carbocycles. The molecule has 5 rings (SSSR count). The van der Waals surface area contributed by atoms with Crippen LogP contribution in [0.5, 0.6) is 23.0 Å². The molecule has 2 aliphatic rings. The van der Waals surface area contributed by atoms with Crippen LogP contribution in [0.3, 0.4) is 0 Å². The molecule has 3 aromatic rings. The summed E-state index contributed by atoms with van der Waals surface area (Å²) >= 11 is 0.898. The number of anilines is 1. The summed E-state index contributed by atoms with van der Waals surface area (Å²) in [6.07, 6.45) is 2.03. The van der Waals surface area contributed by atoms with Gasteiger partial charge in [0.1, 0.15) is 29.1 Å². The molecule has 0 radical (unpaired) electrons. The summed E-state index contributed by atoms with van der Waals surface area (Å²) in [5.74, 6) is -1.33. The van der Waals surface area contributed by atoms with Crippen molar-refractivity contribution in [1.82, 2.24) is 4.98 Å². The first-order chi connectivity index (χ1) is 20.6. The molecule has 1 saturated heterocycles. The molecule has 0 spiro atoms. The third-order valence-corrected chi connectivity index (χ3v) is 8.26. The number of thiazole rings is 1. The fourth-order valence-electron chi connectivity index (χ4n) is 5.20. The van der Waals surface area contributed by atoms with E-state index in [2.05, 4.69) is 11.6 Å². The summed E-state index contributed by atoms with van der Waals surface area (Å²) in [6.45, 7) is 7.08. The van der Waals surface area contributed by atoms with E-state index in [1.54, 1.807) is 37.3 Å². The summed E-state index contributed by atoms with van der Waals surface area (Å²) in [5, 5.41) is 11.7. The fraction of sp³-hybridized carbons (Fsp3) is 0.290. The quantitative estimate of drug-likeness (QED) is 0.119. The zero-order valence-corrected chi connectivity index (χ0v) is 25.1. The monoisotopic (exact) mass is 606 g/mol. The van der Waals surface area contributed by atoms with Gasteiger partial charge in [-0.15, -0.1) is 0 Å². The number of carbonyl (C=O) groups is 3. The zero-order valence-electron chi connectivity index (χ0n) is 24.3. The molecule has 2 unspecified atom stereocenters. The van der Waals surface area contributed by atoms with Gasteiger partial charge in [0, 0.05) is 12.0 Å². The highest BCUT2D eigenvalue weighted by molar-refractivity contribution is 7.17. The average Bonchev–Trinajstić information content (AvgIpc) is 3.65. The number of hydrogen-bond acceptors (Lipinski definition) is 11. The number of ketones is 1. The lowest BCUT2D eigenvalue weighted by atomic mass is 9.94. The van der Waals surface area contributed by atoms with Crippen LogP contribution in [0.25, 0.3) is 5.76 Å². The number of Topliss-reactive ketones (excluding diaryl/α,β-unsaturated/α-hetero) is 1. The summed E-state index contributed by atoms with van der Waals surface area (Å²) in [4.78, 5) is 45.9. The standard InChI is InChI=1S/C31H30N2O9S/c1-7-10-41-30(37)28-16(3)32-31(43-28)33-24(19-13-21(38-4)27(40-6)22(14-19)39-5)23(26(35)29(33)36)25(34)17-8-9-20-18(12-17)11-15(2)42-20/h7-9,12-15,24,34H,1,10-11H2,2-6H3/b25-23+. The van der Waals surface area contributed by atoms with Gasteiger partial charge >= 0.3 is 11.9 Å². The van der Waals surface area contributed by atoms with Crippen LogP contribution in [0, 0.1) is 6.92 Å². The van der Waals surface area contributed by atoms with Gasteiger partial charge in [-0.05, 0) is 55.3 Å². The van der Waals surface area contributed by atoms with Gasteiger partial charge in [0.05, 0.1) is 38.6 Å². The van der Waals surface area contributed by atoms with E-state index in [0.717, 1.165) is 21.8 Å². The highest BCUT2D eigenvalue weighted by Gasteiger charge is 2.49. The maximum atomic E-state index is 13.7. The zero-order chi connectivity index (χ0) is 31.0. The number of hydrogen-bond donors (Lipinski definition) is 1. The number of esters is 1. The van der Waals surface area contributed by atoms with Crippen LogP contribution in [0.1, 0.15) is 45.0 Å². The number of aliphatic hydroxyl groups is 1. The summed E-state index contributed by atoms with van der Waals surface area (Å²) in [5.41, 5.74) is 1.73. The number of fused-ring (bicyclic) bond motifs is 1. The number of aliphatic hydroxyl groups excluding tert-OH is 1. The molecule has 11 nitrogen and oxygen atoms in total. The van der Waals surface area contributed by atoms with E-state index in [0.29, 0.717) is 34.7 Å². The van der Waals surface area contributed by atoms with Crippen LogP contribution in [0.2, 0.25) is 0 Å². The maximum absolute atomic E-state index is 13.7. The van der Waals surface area contributed by atoms with Crippen molar-refractivity contribution in [2.24, 2.45) is 0 Å². The molecule has 2 aliphatic heterocycles. The number of aryl methyl sites for hydroxylation is 1. The average molecular weight is 607 g/mol. The van der Waals surface area contributed by atoms with Gasteiger partial charge in [-0.3, -0.25) is 14.5 Å². The first-order valence-electron chi connectivity index (χ1n) is 13.3. The van der Waals surface area contributed by atoms with Gasteiger partial charge in [0.15, 0.2) is 16.6 Å². The lowest BCUT2D eigenvalue weighted by molar-refractivity contribution is -0.132. The van der Waals surface area contributed by atoms with Gasteiger partial charge in [-0.2, -0.15) is 0 Å². The Morgan fingerprint density at radius 2 is 1.86 bits per heavy atom. The third-order valence-electron chi connectivity index (χ3n) is 7.13. The van der Waals surface area contributed by atoms with Crippen molar-refractivity contribution in [2.45, 2.75) is 32.4 Å². The first-order valence-corrected chi connectivity index (χ1v) is 14.1. The van der Waals surface area contributed by atoms with Crippen LogP contribution < -0.4 is 23.8 Å². The molecule has 12 heteroatoms. The SMILES string of the molecule is C=CCOC(=O)c1sc(N2C(=O)C(=O)/C(=C(/O)c3ccc4c(c3)CC(C)O4)C2c2cc(OC)c(OC)c(OC)c2)nc1C. The smallest absolute Gasteiger partial charge is 0.350 e. The van der Waals surface area contributed by atoms with Crippen LogP contribution in [0.15, 0.2) is 48.6 Å². The van der Waals surface area contributed by atoms with Crippen molar-refractivity contribution in [1.29, 1.82) is 0 Å². The molecule has 1 fully saturated rings. The molecule has 224 valence electrons. The van der Waals surface area contributed by atoms with Crippen molar-refractivity contribution >= 4 is 39.9 Å². The minimum Gasteiger partial charge on any atom is -0.507 e. The Hall–Kier alpha value is -4.84. The van der Waals surface area contributed by atoms with E-state index >= 15 is 0 Å². The summed E-state index contributed by atoms with van der Waals surface area (Å²) in [6, 6.07) is 7.12. The van der Waals surface area contributed by atoms with Crippen molar-refractivity contribution < 1.29 is 43.2 Å². The second-order valence-electron chi connectivity index (χ2n) is 9.88. The molecule has 1 aromatic heterocycles. The second kappa shape index (κ2) is 11.8. The van der Waals surface area contributed by atoms with Gasteiger partial charge in [0.2, 0.25) is 5.75 Å². The Balaban J connectivity index is 1.72. The number of rotatable bonds is 9. The molecule has 43 heavy (non-hydrogen) atoms. The number of nitrogens with zero attached hydrogens (tertiary/aromatic N) is 2. The van der Waals surface area contributed by atoms with E-state index in [9.17, 15) is 19.5 Å². The Bertz CT molecular complexity index is 1650. The first kappa shape index (κ1) is 29.6. The predicted octanol–water partition coefficient (Wildman–Crippen LogP) is 4.77. The molecule has 3 heterocycles. The second-order valence-corrected chi connectivity index (χ2v) is 10.9. The van der Waals surface area contributed by atoms with E-state index in [1.807, 2.05) is 6.92 Å². The number of carbonyl (C=O) groups excluding carboxylic acids is 3. The molecule has 2 atom stereocenters. The number of amides is 1. The normalized spacial score (nSPS) is 18.7. The number of benzene rings is 2. The molecule has 0 bridgehead atoms. The van der Waals surface area contributed by atoms with E-state index < -0.39 is 23.7 Å². The largest absolute Gasteiger partial charge is 0.507 e. The number of methoxy groups -OCH3 is 3. The Kier molecular flexibility index (Phi) is 8.14. The van der Waals surface area contributed by atoms with Crippen molar-refractivity contribution in [2.75, 3.05) is 32.8 Å². The topological polar surface area (TPSA) is 134 Å². The molecule has 2 aromatic carbocycles. The van der Waals surface area contributed by atoms with Crippen LogP contribution in [0.4, 0.5) is 5.13 Å². The molecule has 0 saturated carbocycles. The van der Waals surface area contributed by atoms with E-state index in [4.69, 9.17) is 23.7 Å². The van der Waals surface area contributed by atoms with Crippen LogP contribution in [-0.4, -0.2) is 61.8 Å². The number of ether oxygens (including phenoxy) is 5. The summed E-state index contributed by atoms with van der Waals surface area (Å²) < 4.78 is 27.5. The Labute approximate surface area is 251 Å². The van der Waals surface area contributed by atoms with E-state index in [1.165, 1.54) is 27.4 Å². The van der Waals surface area contributed by atoms with Gasteiger partial charge in [-0.1, -0.05) is 24.0 Å². The molecular weight excluding hydrogens is 576 g/mol. The van der Waals surface area contributed by atoms with E-state index in [-0.39, 0.29) is 45.6 Å². The molecular formula is C31H30N2O9S. The van der Waals surface area contributed by atoms with Crippen molar-refractivity contribution in [3.05, 3.63) is 75.8 Å². The molecule has 1 amide bonds. The highest BCUT2D eigenvalue weighted by Crippen LogP contribution is 2.48.